The van der Waals surface area contributed by atoms with Gasteiger partial charge in [-0.25, -0.2) is 4.98 Å². The normalized spacial score (nSPS) is 17.1. The number of rotatable bonds is 4. The molecule has 1 fully saturated rings. The second-order valence-electron chi connectivity index (χ2n) is 6.96. The molecule has 2 heterocycles. The molecule has 0 unspecified atom stereocenters. The molecule has 3 aromatic rings. The van der Waals surface area contributed by atoms with Crippen LogP contribution in [0, 0.1) is 13.8 Å². The molecule has 0 bridgehead atoms. The average molecular weight is 395 g/mol. The van der Waals surface area contributed by atoms with Gasteiger partial charge >= 0.3 is 0 Å². The van der Waals surface area contributed by atoms with Crippen molar-refractivity contribution in [3.63, 3.8) is 0 Å². The van der Waals surface area contributed by atoms with Crippen LogP contribution < -0.4 is 5.32 Å². The molecule has 0 spiro atoms. The molecular weight excluding hydrogens is 374 g/mol. The first-order valence-electron chi connectivity index (χ1n) is 9.36. The van der Waals surface area contributed by atoms with Crippen LogP contribution in [-0.4, -0.2) is 26.9 Å². The minimum absolute atomic E-state index is 0.138. The second kappa shape index (κ2) is 7.75. The summed E-state index contributed by atoms with van der Waals surface area (Å²) in [5, 5.41) is 3.90. The van der Waals surface area contributed by atoms with Crippen molar-refractivity contribution in [2.75, 3.05) is 5.32 Å². The number of hydrogen-bond donors (Lipinski definition) is 1. The largest absolute Gasteiger partial charge is 0.443 e. The van der Waals surface area contributed by atoms with E-state index in [2.05, 4.69) is 15.3 Å². The van der Waals surface area contributed by atoms with Crippen LogP contribution in [0.3, 0.4) is 0 Å². The summed E-state index contributed by atoms with van der Waals surface area (Å²) >= 11 is 1.36. The lowest BCUT2D eigenvalue weighted by molar-refractivity contribution is -0.119. The Morgan fingerprint density at radius 1 is 1.18 bits per heavy atom. The predicted octanol–water partition coefficient (Wildman–Crippen LogP) is 4.70. The lowest BCUT2D eigenvalue weighted by Gasteiger charge is -2.19. The Morgan fingerprint density at radius 2 is 1.96 bits per heavy atom. The van der Waals surface area contributed by atoms with E-state index in [1.807, 2.05) is 32.0 Å². The second-order valence-corrected chi connectivity index (χ2v) is 8.13. The van der Waals surface area contributed by atoms with Crippen molar-refractivity contribution >= 4 is 40.4 Å². The summed E-state index contributed by atoms with van der Waals surface area (Å²) in [7, 11) is 0. The summed E-state index contributed by atoms with van der Waals surface area (Å²) in [6.07, 6.45) is 3.41. The Morgan fingerprint density at radius 3 is 2.71 bits per heavy atom. The molecule has 2 aromatic heterocycles. The van der Waals surface area contributed by atoms with Gasteiger partial charge in [-0.2, -0.15) is 4.98 Å². The van der Waals surface area contributed by atoms with Crippen molar-refractivity contribution in [1.29, 1.82) is 0 Å². The first-order valence-corrected chi connectivity index (χ1v) is 10.2. The third-order valence-electron chi connectivity index (χ3n) is 5.02. The van der Waals surface area contributed by atoms with E-state index in [0.29, 0.717) is 34.1 Å². The highest BCUT2D eigenvalue weighted by Gasteiger charge is 2.26. The first kappa shape index (κ1) is 18.7. The van der Waals surface area contributed by atoms with E-state index in [-0.39, 0.29) is 16.9 Å². The number of Topliss-reactive ketones (excluding diaryl/α,β-unsaturated/α-hetero) is 1. The number of aryl methyl sites for hydroxylation is 2. The number of thioether (sulfide) groups is 1. The summed E-state index contributed by atoms with van der Waals surface area (Å²) in [4.78, 5) is 33.9. The monoisotopic (exact) mass is 395 g/mol. The number of fused-ring (bicyclic) bond motifs is 1. The lowest BCUT2D eigenvalue weighted by atomic mass is 9.99. The highest BCUT2D eigenvalue weighted by molar-refractivity contribution is 8.00. The predicted molar refractivity (Wildman–Crippen MR) is 109 cm³/mol. The van der Waals surface area contributed by atoms with Crippen molar-refractivity contribution < 1.29 is 14.0 Å². The van der Waals surface area contributed by atoms with E-state index in [4.69, 9.17) is 4.42 Å². The van der Waals surface area contributed by atoms with Gasteiger partial charge in [0.15, 0.2) is 5.16 Å². The zero-order valence-electron chi connectivity index (χ0n) is 15.8. The number of carbonyl (C=O) groups is 2. The topological polar surface area (TPSA) is 85.1 Å². The van der Waals surface area contributed by atoms with Gasteiger partial charge in [0, 0.05) is 17.5 Å². The summed E-state index contributed by atoms with van der Waals surface area (Å²) in [5.74, 6) is 1.14. The van der Waals surface area contributed by atoms with Crippen molar-refractivity contribution in [2.45, 2.75) is 49.9 Å². The number of nitrogens with one attached hydrogen (secondary N) is 1. The van der Waals surface area contributed by atoms with Crippen LogP contribution in [0.2, 0.25) is 0 Å². The maximum Gasteiger partial charge on any atom is 0.256 e. The number of furan rings is 1. The first-order chi connectivity index (χ1) is 13.5. The third kappa shape index (κ3) is 3.67. The number of nitrogens with zero attached hydrogens (tertiary/aromatic N) is 2. The molecule has 144 valence electrons. The Kier molecular flexibility index (Phi) is 5.17. The minimum atomic E-state index is -0.247. The van der Waals surface area contributed by atoms with Gasteiger partial charge in [-0.3, -0.25) is 9.59 Å². The molecule has 1 aromatic carbocycles. The Hall–Kier alpha value is -2.67. The molecule has 4 rings (SSSR count). The molecule has 1 aliphatic carbocycles. The number of benzene rings is 1. The van der Waals surface area contributed by atoms with Crippen LogP contribution in [0.25, 0.3) is 11.1 Å². The van der Waals surface area contributed by atoms with Gasteiger partial charge in [-0.15, -0.1) is 0 Å². The number of hydrogen-bond acceptors (Lipinski definition) is 6. The van der Waals surface area contributed by atoms with Crippen LogP contribution in [0.4, 0.5) is 5.82 Å². The van der Waals surface area contributed by atoms with Crippen molar-refractivity contribution in [1.82, 2.24) is 9.97 Å². The quantitative estimate of drug-likeness (QED) is 0.645. The van der Waals surface area contributed by atoms with Crippen LogP contribution in [0.15, 0.2) is 39.9 Å². The van der Waals surface area contributed by atoms with Crippen molar-refractivity contribution in [2.24, 2.45) is 0 Å². The minimum Gasteiger partial charge on any atom is -0.443 e. The number of anilines is 1. The number of carbonyl (C=O) groups excluding carboxylic acids is 2. The van der Waals surface area contributed by atoms with Crippen LogP contribution >= 0.6 is 11.8 Å². The van der Waals surface area contributed by atoms with E-state index in [1.165, 1.54) is 11.8 Å². The van der Waals surface area contributed by atoms with Gasteiger partial charge in [-0.05, 0) is 38.8 Å². The van der Waals surface area contributed by atoms with Gasteiger partial charge in [0.2, 0.25) is 5.71 Å². The molecule has 0 aliphatic heterocycles. The molecule has 0 radical (unpaired) electrons. The van der Waals surface area contributed by atoms with Crippen LogP contribution in [0.5, 0.6) is 0 Å². The molecule has 1 amide bonds. The Balaban J connectivity index is 1.70. The highest BCUT2D eigenvalue weighted by atomic mass is 32.2. The zero-order chi connectivity index (χ0) is 19.7. The zero-order valence-corrected chi connectivity index (χ0v) is 16.6. The van der Waals surface area contributed by atoms with E-state index in [0.717, 1.165) is 30.6 Å². The van der Waals surface area contributed by atoms with Gasteiger partial charge in [-0.1, -0.05) is 36.4 Å². The number of amides is 1. The van der Waals surface area contributed by atoms with E-state index in [9.17, 15) is 9.59 Å². The fraction of sp³-hybridized carbons (Fsp3) is 0.333. The summed E-state index contributed by atoms with van der Waals surface area (Å²) < 4.78 is 5.78. The van der Waals surface area contributed by atoms with Crippen molar-refractivity contribution in [3.05, 3.63) is 47.2 Å². The Labute approximate surface area is 167 Å². The maximum absolute atomic E-state index is 12.7. The van der Waals surface area contributed by atoms with E-state index >= 15 is 0 Å². The lowest BCUT2D eigenvalue weighted by Crippen LogP contribution is -2.21. The average Bonchev–Trinajstić information content (AvgIpc) is 2.98. The highest BCUT2D eigenvalue weighted by Crippen LogP contribution is 2.35. The van der Waals surface area contributed by atoms with E-state index in [1.54, 1.807) is 12.1 Å². The molecule has 28 heavy (non-hydrogen) atoms. The Bertz CT molecular complexity index is 1050. The smallest absolute Gasteiger partial charge is 0.256 e. The van der Waals surface area contributed by atoms with Gasteiger partial charge in [0.1, 0.15) is 17.4 Å². The fourth-order valence-electron chi connectivity index (χ4n) is 3.35. The van der Waals surface area contributed by atoms with Crippen LogP contribution in [-0.2, 0) is 4.79 Å². The number of ketones is 1. The van der Waals surface area contributed by atoms with E-state index < -0.39 is 0 Å². The van der Waals surface area contributed by atoms with Gasteiger partial charge < -0.3 is 9.73 Å². The summed E-state index contributed by atoms with van der Waals surface area (Å²) in [6, 6.07) is 8.98. The molecule has 6 nitrogen and oxygen atoms in total. The summed E-state index contributed by atoms with van der Waals surface area (Å²) in [5.41, 5.74) is 1.87. The van der Waals surface area contributed by atoms with Gasteiger partial charge in [0.05, 0.1) is 10.6 Å². The van der Waals surface area contributed by atoms with Crippen LogP contribution in [0.1, 0.15) is 47.4 Å². The SMILES string of the molecule is Cc1oc2nc(S[C@H]3CCCCC3=O)nc(NC(=O)c3ccccc3)c2c1C. The third-order valence-corrected chi connectivity index (χ3v) is 6.20. The molecule has 1 atom stereocenters. The molecule has 1 saturated carbocycles. The summed E-state index contributed by atoms with van der Waals surface area (Å²) in [6.45, 7) is 3.78. The molecule has 7 heteroatoms. The van der Waals surface area contributed by atoms with Crippen molar-refractivity contribution in [3.8, 4) is 0 Å². The standard InChI is InChI=1S/C21H21N3O3S/c1-12-13(2)27-20-17(12)18(22-19(26)14-8-4-3-5-9-14)23-21(24-20)28-16-11-7-6-10-15(16)25/h3-5,8-9,16H,6-7,10-11H2,1-2H3,(H,22,23,24,26)/t16-/m0/s1. The molecule has 1 N–H and O–H groups in total. The molecular formula is C21H21N3O3S. The van der Waals surface area contributed by atoms with Gasteiger partial charge in [0.25, 0.3) is 5.91 Å². The number of aromatic nitrogens is 2. The molecule has 0 saturated heterocycles. The fourth-order valence-corrected chi connectivity index (χ4v) is 4.41. The molecule has 1 aliphatic rings. The maximum atomic E-state index is 12.7.